The summed E-state index contributed by atoms with van der Waals surface area (Å²) in [6.45, 7) is 2.63. The van der Waals surface area contributed by atoms with Crippen LogP contribution in [0.2, 0.25) is 0 Å². The number of hydrogen-bond acceptors (Lipinski definition) is 4. The summed E-state index contributed by atoms with van der Waals surface area (Å²) in [4.78, 5) is 23.5. The molecule has 0 amide bonds. The van der Waals surface area contributed by atoms with Gasteiger partial charge in [0.25, 0.3) is 0 Å². The third kappa shape index (κ3) is 3.96. The first-order valence-corrected chi connectivity index (χ1v) is 9.64. The molecule has 0 fully saturated rings. The predicted molar refractivity (Wildman–Crippen MR) is 114 cm³/mol. The maximum absolute atomic E-state index is 11.3. The molecule has 0 aliphatic rings. The Morgan fingerprint density at radius 1 is 1.17 bits per heavy atom. The monoisotopic (exact) mass is 386 g/mol. The summed E-state index contributed by atoms with van der Waals surface area (Å²) in [5, 5.41) is 13.5. The lowest BCUT2D eigenvalue weighted by Gasteiger charge is -2.09. The van der Waals surface area contributed by atoms with Crippen molar-refractivity contribution in [1.82, 2.24) is 15.0 Å². The van der Waals surface area contributed by atoms with Gasteiger partial charge in [-0.15, -0.1) is 0 Å². The molecule has 146 valence electrons. The van der Waals surface area contributed by atoms with Crippen molar-refractivity contribution in [1.29, 1.82) is 0 Å². The molecule has 4 aromatic rings. The molecule has 3 N–H and O–H groups in total. The van der Waals surface area contributed by atoms with Crippen molar-refractivity contribution in [2.24, 2.45) is 0 Å². The Balaban J connectivity index is 1.58. The van der Waals surface area contributed by atoms with Crippen LogP contribution in [0.4, 0.5) is 5.82 Å². The third-order valence-corrected chi connectivity index (χ3v) is 4.84. The van der Waals surface area contributed by atoms with E-state index in [1.54, 1.807) is 18.3 Å². The molecule has 4 rings (SSSR count). The molecule has 6 nitrogen and oxygen atoms in total. The molecule has 3 heterocycles. The molecule has 1 aromatic carbocycles. The number of anilines is 1. The summed E-state index contributed by atoms with van der Waals surface area (Å²) in [7, 11) is 0. The number of aromatic amines is 1. The van der Waals surface area contributed by atoms with Gasteiger partial charge in [0.05, 0.1) is 0 Å². The molecule has 0 unspecified atom stereocenters. The average molecular weight is 386 g/mol. The van der Waals surface area contributed by atoms with Crippen LogP contribution in [0.3, 0.4) is 0 Å². The van der Waals surface area contributed by atoms with Crippen LogP contribution in [0, 0.1) is 0 Å². The topological polar surface area (TPSA) is 90.9 Å². The number of rotatable bonds is 7. The lowest BCUT2D eigenvalue weighted by Crippen LogP contribution is -2.08. The van der Waals surface area contributed by atoms with Gasteiger partial charge in [0.1, 0.15) is 17.0 Å². The first-order valence-electron chi connectivity index (χ1n) is 9.64. The van der Waals surface area contributed by atoms with Crippen molar-refractivity contribution in [3.05, 3.63) is 77.7 Å². The van der Waals surface area contributed by atoms with Gasteiger partial charge in [-0.2, -0.15) is 0 Å². The van der Waals surface area contributed by atoms with Gasteiger partial charge in [0.2, 0.25) is 0 Å². The van der Waals surface area contributed by atoms with Gasteiger partial charge in [-0.05, 0) is 47.9 Å². The maximum atomic E-state index is 11.3. The average Bonchev–Trinajstić information content (AvgIpc) is 3.16. The zero-order chi connectivity index (χ0) is 20.2. The molecule has 0 saturated heterocycles. The van der Waals surface area contributed by atoms with Gasteiger partial charge in [-0.3, -0.25) is 0 Å². The van der Waals surface area contributed by atoms with E-state index in [1.165, 1.54) is 0 Å². The molecule has 6 heteroatoms. The quantitative estimate of drug-likeness (QED) is 0.421. The SMILES string of the molecule is CCCc1ccc2c(-c3cccc(CNc4ncccc4C(=O)O)c3)c[nH]c2n1. The molecule has 0 bridgehead atoms. The number of nitrogens with zero attached hydrogens (tertiary/aromatic N) is 2. The predicted octanol–water partition coefficient (Wildman–Crippen LogP) is 4.89. The summed E-state index contributed by atoms with van der Waals surface area (Å²) in [6, 6.07) is 15.5. The molecule has 0 aliphatic heterocycles. The van der Waals surface area contributed by atoms with E-state index in [4.69, 9.17) is 4.98 Å². The minimum absolute atomic E-state index is 0.161. The van der Waals surface area contributed by atoms with Crippen LogP contribution in [-0.4, -0.2) is 26.0 Å². The van der Waals surface area contributed by atoms with Crippen molar-refractivity contribution < 1.29 is 9.90 Å². The van der Waals surface area contributed by atoms with E-state index in [9.17, 15) is 9.90 Å². The summed E-state index contributed by atoms with van der Waals surface area (Å²) >= 11 is 0. The highest BCUT2D eigenvalue weighted by Crippen LogP contribution is 2.29. The van der Waals surface area contributed by atoms with E-state index in [2.05, 4.69) is 46.5 Å². The van der Waals surface area contributed by atoms with Crippen molar-refractivity contribution >= 4 is 22.8 Å². The number of H-pyrrole nitrogens is 1. The highest BCUT2D eigenvalue weighted by Gasteiger charge is 2.11. The number of fused-ring (bicyclic) bond motifs is 1. The fourth-order valence-electron chi connectivity index (χ4n) is 3.43. The number of carbonyl (C=O) groups is 1. The zero-order valence-electron chi connectivity index (χ0n) is 16.1. The molecule has 29 heavy (non-hydrogen) atoms. The Kier molecular flexibility index (Phi) is 5.24. The van der Waals surface area contributed by atoms with Gasteiger partial charge in [-0.1, -0.05) is 31.5 Å². The highest BCUT2D eigenvalue weighted by molar-refractivity contribution is 5.94. The van der Waals surface area contributed by atoms with Crippen molar-refractivity contribution in [2.45, 2.75) is 26.3 Å². The standard InChI is InChI=1S/C23H22N4O2/c1-2-5-17-9-10-18-20(14-26-22(18)27-17)16-7-3-6-15(12-16)13-25-21-19(23(28)29)8-4-11-24-21/h3-4,6-12,14H,2,5,13H2,1H3,(H,24,25)(H,26,27)(H,28,29). The molecule has 0 aliphatic carbocycles. The van der Waals surface area contributed by atoms with Crippen molar-refractivity contribution in [3.63, 3.8) is 0 Å². The van der Waals surface area contributed by atoms with Gasteiger partial charge >= 0.3 is 5.97 Å². The Bertz CT molecular complexity index is 1170. The minimum atomic E-state index is -0.997. The number of nitrogens with one attached hydrogen (secondary N) is 2. The molecule has 3 aromatic heterocycles. The van der Waals surface area contributed by atoms with Gasteiger partial charge < -0.3 is 15.4 Å². The van der Waals surface area contributed by atoms with Crippen LogP contribution in [0.1, 0.15) is 35.0 Å². The normalized spacial score (nSPS) is 10.9. The molecular formula is C23H22N4O2. The van der Waals surface area contributed by atoms with E-state index in [-0.39, 0.29) is 5.56 Å². The van der Waals surface area contributed by atoms with E-state index in [0.29, 0.717) is 12.4 Å². The van der Waals surface area contributed by atoms with Crippen LogP contribution in [0.25, 0.3) is 22.2 Å². The van der Waals surface area contributed by atoms with Crippen LogP contribution in [0.15, 0.2) is 60.9 Å². The second-order valence-electron chi connectivity index (χ2n) is 6.91. The van der Waals surface area contributed by atoms with Crippen LogP contribution in [0.5, 0.6) is 0 Å². The van der Waals surface area contributed by atoms with Crippen molar-refractivity contribution in [3.8, 4) is 11.1 Å². The number of benzene rings is 1. The molecule has 0 saturated carbocycles. The van der Waals surface area contributed by atoms with E-state index in [1.807, 2.05) is 18.3 Å². The largest absolute Gasteiger partial charge is 0.478 e. The first kappa shape index (κ1) is 18.7. The van der Waals surface area contributed by atoms with Gasteiger partial charge in [-0.25, -0.2) is 14.8 Å². The fraction of sp³-hybridized carbons (Fsp3) is 0.174. The number of carboxylic acid groups (broad SMARTS) is 1. The summed E-state index contributed by atoms with van der Waals surface area (Å²) < 4.78 is 0. The zero-order valence-corrected chi connectivity index (χ0v) is 16.1. The van der Waals surface area contributed by atoms with E-state index >= 15 is 0 Å². The summed E-state index contributed by atoms with van der Waals surface area (Å²) in [5.74, 6) is -0.631. The third-order valence-electron chi connectivity index (χ3n) is 4.84. The second kappa shape index (κ2) is 8.14. The smallest absolute Gasteiger partial charge is 0.339 e. The first-order chi connectivity index (χ1) is 14.2. The van der Waals surface area contributed by atoms with Gasteiger partial charge in [0.15, 0.2) is 0 Å². The number of aromatic carboxylic acids is 1. The fourth-order valence-corrected chi connectivity index (χ4v) is 3.43. The van der Waals surface area contributed by atoms with Crippen molar-refractivity contribution in [2.75, 3.05) is 5.32 Å². The van der Waals surface area contributed by atoms with Crippen LogP contribution >= 0.6 is 0 Å². The lowest BCUT2D eigenvalue weighted by atomic mass is 10.0. The van der Waals surface area contributed by atoms with Crippen LogP contribution in [-0.2, 0) is 13.0 Å². The number of hydrogen-bond donors (Lipinski definition) is 3. The summed E-state index contributed by atoms with van der Waals surface area (Å²) in [6.07, 6.45) is 5.61. The van der Waals surface area contributed by atoms with E-state index < -0.39 is 5.97 Å². The minimum Gasteiger partial charge on any atom is -0.478 e. The maximum Gasteiger partial charge on any atom is 0.339 e. The second-order valence-corrected chi connectivity index (χ2v) is 6.91. The number of carboxylic acids is 1. The summed E-state index contributed by atoms with van der Waals surface area (Å²) in [5.41, 5.74) is 5.37. The molecule has 0 atom stereocenters. The Labute approximate surface area is 168 Å². The molecule has 0 radical (unpaired) electrons. The highest BCUT2D eigenvalue weighted by atomic mass is 16.4. The lowest BCUT2D eigenvalue weighted by molar-refractivity contribution is 0.0697. The Hall–Kier alpha value is -3.67. The number of aromatic nitrogens is 3. The van der Waals surface area contributed by atoms with E-state index in [0.717, 1.165) is 46.3 Å². The molecule has 0 spiro atoms. The van der Waals surface area contributed by atoms with Gasteiger partial charge in [0, 0.05) is 35.6 Å². The Morgan fingerprint density at radius 3 is 2.90 bits per heavy atom. The molecular weight excluding hydrogens is 364 g/mol. The van der Waals surface area contributed by atoms with Crippen LogP contribution < -0.4 is 5.32 Å². The Morgan fingerprint density at radius 2 is 2.07 bits per heavy atom. The number of aryl methyl sites for hydroxylation is 1. The number of pyridine rings is 2.